The van der Waals surface area contributed by atoms with Crippen molar-refractivity contribution in [2.45, 2.75) is 37.9 Å². The van der Waals surface area contributed by atoms with Crippen molar-refractivity contribution in [1.82, 2.24) is 5.32 Å². The Morgan fingerprint density at radius 3 is 2.85 bits per heavy atom. The van der Waals surface area contributed by atoms with Crippen LogP contribution in [0.25, 0.3) is 0 Å². The number of aliphatic hydroxyl groups is 1. The molecule has 2 N–H and O–H groups in total. The summed E-state index contributed by atoms with van der Waals surface area (Å²) in [6, 6.07) is 0. The SMILES string of the molecule is OC1CNCC1CCC1CCCO1. The van der Waals surface area contributed by atoms with Crippen LogP contribution in [-0.2, 0) is 4.74 Å². The van der Waals surface area contributed by atoms with Crippen molar-refractivity contribution in [2.24, 2.45) is 5.92 Å². The van der Waals surface area contributed by atoms with E-state index in [1.54, 1.807) is 0 Å². The largest absolute Gasteiger partial charge is 0.391 e. The maximum absolute atomic E-state index is 9.56. The van der Waals surface area contributed by atoms with Gasteiger partial charge in [0.25, 0.3) is 0 Å². The highest BCUT2D eigenvalue weighted by molar-refractivity contribution is 4.81. The molecule has 76 valence electrons. The average Bonchev–Trinajstić information content (AvgIpc) is 2.72. The summed E-state index contributed by atoms with van der Waals surface area (Å²) >= 11 is 0. The molecule has 3 unspecified atom stereocenters. The van der Waals surface area contributed by atoms with Crippen LogP contribution in [0.1, 0.15) is 25.7 Å². The van der Waals surface area contributed by atoms with Crippen molar-refractivity contribution in [2.75, 3.05) is 19.7 Å². The summed E-state index contributed by atoms with van der Waals surface area (Å²) in [7, 11) is 0. The van der Waals surface area contributed by atoms with Crippen molar-refractivity contribution in [3.8, 4) is 0 Å². The maximum atomic E-state index is 9.56. The predicted octanol–water partition coefficient (Wildman–Crippen LogP) is 0.526. The fraction of sp³-hybridized carbons (Fsp3) is 1.00. The van der Waals surface area contributed by atoms with Crippen molar-refractivity contribution in [3.05, 3.63) is 0 Å². The average molecular weight is 185 g/mol. The minimum Gasteiger partial charge on any atom is -0.391 e. The molecule has 2 rings (SSSR count). The lowest BCUT2D eigenvalue weighted by atomic mass is 9.97. The maximum Gasteiger partial charge on any atom is 0.0704 e. The second kappa shape index (κ2) is 4.40. The molecule has 0 saturated carbocycles. The van der Waals surface area contributed by atoms with Gasteiger partial charge in [-0.15, -0.1) is 0 Å². The molecule has 0 aromatic carbocycles. The lowest BCUT2D eigenvalue weighted by Crippen LogP contribution is -2.19. The summed E-state index contributed by atoms with van der Waals surface area (Å²) in [4.78, 5) is 0. The number of ether oxygens (including phenoxy) is 1. The van der Waals surface area contributed by atoms with Crippen molar-refractivity contribution < 1.29 is 9.84 Å². The lowest BCUT2D eigenvalue weighted by Gasteiger charge is -2.15. The number of rotatable bonds is 3. The van der Waals surface area contributed by atoms with E-state index in [0.717, 1.165) is 32.5 Å². The molecule has 13 heavy (non-hydrogen) atoms. The number of β-amino-alcohol motifs (C(OH)–C–C–N with tert-alkyl or cyclic N) is 1. The van der Waals surface area contributed by atoms with Gasteiger partial charge in [-0.05, 0) is 31.6 Å². The topological polar surface area (TPSA) is 41.5 Å². The van der Waals surface area contributed by atoms with Gasteiger partial charge in [0, 0.05) is 19.7 Å². The van der Waals surface area contributed by atoms with E-state index in [2.05, 4.69) is 5.32 Å². The number of hydrogen-bond donors (Lipinski definition) is 2. The van der Waals surface area contributed by atoms with Gasteiger partial charge in [0.15, 0.2) is 0 Å². The molecule has 0 radical (unpaired) electrons. The van der Waals surface area contributed by atoms with Crippen molar-refractivity contribution in [1.29, 1.82) is 0 Å². The fourth-order valence-electron chi connectivity index (χ4n) is 2.29. The van der Waals surface area contributed by atoms with Gasteiger partial charge in [-0.2, -0.15) is 0 Å². The second-order valence-corrected chi connectivity index (χ2v) is 4.20. The molecule has 2 heterocycles. The molecule has 2 aliphatic heterocycles. The Kier molecular flexibility index (Phi) is 3.19. The van der Waals surface area contributed by atoms with E-state index in [1.165, 1.54) is 12.8 Å². The van der Waals surface area contributed by atoms with Gasteiger partial charge in [0.2, 0.25) is 0 Å². The third kappa shape index (κ3) is 2.42. The summed E-state index contributed by atoms with van der Waals surface area (Å²) in [6.07, 6.45) is 5.03. The normalized spacial score (nSPS) is 39.9. The summed E-state index contributed by atoms with van der Waals surface area (Å²) < 4.78 is 5.55. The van der Waals surface area contributed by atoms with E-state index >= 15 is 0 Å². The Balaban J connectivity index is 1.66. The zero-order valence-corrected chi connectivity index (χ0v) is 8.04. The lowest BCUT2D eigenvalue weighted by molar-refractivity contribution is 0.0857. The molecular formula is C10H19NO2. The Morgan fingerprint density at radius 2 is 2.23 bits per heavy atom. The van der Waals surface area contributed by atoms with Crippen molar-refractivity contribution >= 4 is 0 Å². The van der Waals surface area contributed by atoms with Crippen LogP contribution in [0.5, 0.6) is 0 Å². The molecule has 0 aromatic rings. The second-order valence-electron chi connectivity index (χ2n) is 4.20. The molecule has 0 aromatic heterocycles. The first kappa shape index (κ1) is 9.44. The van der Waals surface area contributed by atoms with E-state index in [1.807, 2.05) is 0 Å². The van der Waals surface area contributed by atoms with Gasteiger partial charge in [-0.25, -0.2) is 0 Å². The van der Waals surface area contributed by atoms with Crippen molar-refractivity contribution in [3.63, 3.8) is 0 Å². The first-order valence-corrected chi connectivity index (χ1v) is 5.36. The van der Waals surface area contributed by atoms with E-state index in [0.29, 0.717) is 12.0 Å². The quantitative estimate of drug-likeness (QED) is 0.674. The first-order chi connectivity index (χ1) is 6.36. The van der Waals surface area contributed by atoms with E-state index in [9.17, 15) is 5.11 Å². The molecule has 2 saturated heterocycles. The van der Waals surface area contributed by atoms with Crippen LogP contribution >= 0.6 is 0 Å². The highest BCUT2D eigenvalue weighted by Crippen LogP contribution is 2.22. The van der Waals surface area contributed by atoms with Crippen LogP contribution < -0.4 is 5.32 Å². The number of aliphatic hydroxyl groups excluding tert-OH is 1. The van der Waals surface area contributed by atoms with Crippen LogP contribution in [0.3, 0.4) is 0 Å². The van der Waals surface area contributed by atoms with Crippen LogP contribution in [0, 0.1) is 5.92 Å². The van der Waals surface area contributed by atoms with Gasteiger partial charge in [0.05, 0.1) is 12.2 Å². The minimum absolute atomic E-state index is 0.124. The Bertz CT molecular complexity index is 157. The Labute approximate surface area is 79.5 Å². The van der Waals surface area contributed by atoms with Crippen LogP contribution in [0.4, 0.5) is 0 Å². The molecule has 2 fully saturated rings. The highest BCUT2D eigenvalue weighted by Gasteiger charge is 2.26. The summed E-state index contributed by atoms with van der Waals surface area (Å²) in [6.45, 7) is 2.69. The summed E-state index contributed by atoms with van der Waals surface area (Å²) in [5, 5.41) is 12.8. The van der Waals surface area contributed by atoms with Gasteiger partial charge in [-0.3, -0.25) is 0 Å². The zero-order valence-electron chi connectivity index (χ0n) is 8.04. The third-order valence-electron chi connectivity index (χ3n) is 3.19. The molecule has 2 aliphatic rings. The molecule has 0 amide bonds. The predicted molar refractivity (Wildman–Crippen MR) is 50.6 cm³/mol. The summed E-state index contributed by atoms with van der Waals surface area (Å²) in [5.74, 6) is 0.462. The first-order valence-electron chi connectivity index (χ1n) is 5.36. The monoisotopic (exact) mass is 185 g/mol. The molecule has 3 atom stereocenters. The van der Waals surface area contributed by atoms with E-state index < -0.39 is 0 Å². The van der Waals surface area contributed by atoms with Gasteiger partial charge >= 0.3 is 0 Å². The molecule has 0 aliphatic carbocycles. The van der Waals surface area contributed by atoms with Gasteiger partial charge < -0.3 is 15.2 Å². The highest BCUT2D eigenvalue weighted by atomic mass is 16.5. The van der Waals surface area contributed by atoms with Crippen LogP contribution in [0.15, 0.2) is 0 Å². The number of hydrogen-bond acceptors (Lipinski definition) is 3. The zero-order chi connectivity index (χ0) is 9.10. The standard InChI is InChI=1S/C10H19NO2/c12-10-7-11-6-8(10)3-4-9-2-1-5-13-9/h8-12H,1-7H2. The van der Waals surface area contributed by atoms with E-state index in [-0.39, 0.29) is 6.10 Å². The Hall–Kier alpha value is -0.120. The van der Waals surface area contributed by atoms with Gasteiger partial charge in [0.1, 0.15) is 0 Å². The van der Waals surface area contributed by atoms with Gasteiger partial charge in [-0.1, -0.05) is 0 Å². The third-order valence-corrected chi connectivity index (χ3v) is 3.19. The smallest absolute Gasteiger partial charge is 0.0704 e. The molecule has 3 heteroatoms. The number of nitrogens with one attached hydrogen (secondary N) is 1. The minimum atomic E-state index is -0.124. The molecule has 0 spiro atoms. The Morgan fingerprint density at radius 1 is 1.31 bits per heavy atom. The molecule has 0 bridgehead atoms. The fourth-order valence-corrected chi connectivity index (χ4v) is 2.29. The van der Waals surface area contributed by atoms with E-state index in [4.69, 9.17) is 4.74 Å². The van der Waals surface area contributed by atoms with Crippen LogP contribution in [0.2, 0.25) is 0 Å². The summed E-state index contributed by atoms with van der Waals surface area (Å²) in [5.41, 5.74) is 0. The molecule has 3 nitrogen and oxygen atoms in total. The van der Waals surface area contributed by atoms with Crippen LogP contribution in [-0.4, -0.2) is 37.0 Å². The molecular weight excluding hydrogens is 166 g/mol.